The maximum atomic E-state index is 12.9. The Labute approximate surface area is 463 Å². The SMILES string of the molecule is CC/C=C\C/C=C\C/C=C\C/C=C\C/C=C\C/C=C\CCCCCCC(=O)OCC(COC(=O)CCCCCCC/C=C\C/C=C\CCC)OC(=O)CCCCCCCCCCC/C=C\CCCCCCCCCC. The number of hydrogen-bond donors (Lipinski definition) is 0. The van der Waals surface area contributed by atoms with Crippen molar-refractivity contribution in [2.45, 2.75) is 297 Å². The van der Waals surface area contributed by atoms with Crippen LogP contribution in [0, 0.1) is 0 Å². The van der Waals surface area contributed by atoms with Crippen LogP contribution in [-0.2, 0) is 28.6 Å². The minimum Gasteiger partial charge on any atom is -0.462 e. The molecule has 0 radical (unpaired) electrons. The fourth-order valence-electron chi connectivity index (χ4n) is 8.54. The lowest BCUT2D eigenvalue weighted by Crippen LogP contribution is -2.30. The predicted octanol–water partition coefficient (Wildman–Crippen LogP) is 21.4. The molecule has 6 heteroatoms. The summed E-state index contributed by atoms with van der Waals surface area (Å²) in [5.41, 5.74) is 0. The van der Waals surface area contributed by atoms with Crippen LogP contribution in [0.5, 0.6) is 0 Å². The highest BCUT2D eigenvalue weighted by molar-refractivity contribution is 5.71. The Balaban J connectivity index is 4.41. The molecule has 0 aromatic heterocycles. The minimum absolute atomic E-state index is 0.0952. The van der Waals surface area contributed by atoms with Gasteiger partial charge in [0, 0.05) is 19.3 Å². The maximum absolute atomic E-state index is 12.9. The monoisotopic (exact) mass is 1040 g/mol. The smallest absolute Gasteiger partial charge is 0.306 e. The van der Waals surface area contributed by atoms with Crippen LogP contribution in [0.15, 0.2) is 109 Å². The van der Waals surface area contributed by atoms with Crippen LogP contribution in [0.4, 0.5) is 0 Å². The molecule has 1 unspecified atom stereocenters. The maximum Gasteiger partial charge on any atom is 0.306 e. The van der Waals surface area contributed by atoms with Gasteiger partial charge in [-0.15, -0.1) is 0 Å². The first-order valence-corrected chi connectivity index (χ1v) is 31.4. The van der Waals surface area contributed by atoms with Crippen LogP contribution >= 0.6 is 0 Å². The number of rotatable bonds is 56. The Bertz CT molecular complexity index is 1520. The number of esters is 3. The Morgan fingerprint density at radius 2 is 0.547 bits per heavy atom. The van der Waals surface area contributed by atoms with Gasteiger partial charge in [-0.25, -0.2) is 0 Å². The average molecular weight is 1040 g/mol. The highest BCUT2D eigenvalue weighted by atomic mass is 16.6. The van der Waals surface area contributed by atoms with Crippen LogP contribution < -0.4 is 0 Å². The molecule has 0 saturated carbocycles. The normalized spacial score (nSPS) is 12.8. The molecule has 1 atom stereocenters. The van der Waals surface area contributed by atoms with Gasteiger partial charge in [0.05, 0.1) is 0 Å². The van der Waals surface area contributed by atoms with Gasteiger partial charge in [-0.05, 0) is 122 Å². The molecule has 0 rings (SSSR count). The molecule has 0 amide bonds. The molecule has 0 aliphatic rings. The molecule has 0 aliphatic carbocycles. The van der Waals surface area contributed by atoms with E-state index in [0.717, 1.165) is 141 Å². The summed E-state index contributed by atoms with van der Waals surface area (Å²) in [6, 6.07) is 0. The fourth-order valence-corrected chi connectivity index (χ4v) is 8.54. The fraction of sp³-hybridized carbons (Fsp3) is 0.696. The summed E-state index contributed by atoms with van der Waals surface area (Å²) >= 11 is 0. The number of ether oxygens (including phenoxy) is 3. The topological polar surface area (TPSA) is 78.9 Å². The van der Waals surface area contributed by atoms with E-state index in [1.807, 2.05) is 0 Å². The second-order valence-electron chi connectivity index (χ2n) is 20.6. The molecule has 0 aromatic carbocycles. The van der Waals surface area contributed by atoms with E-state index in [9.17, 15) is 14.4 Å². The summed E-state index contributed by atoms with van der Waals surface area (Å²) < 4.78 is 16.9. The molecule has 75 heavy (non-hydrogen) atoms. The number of carbonyl (C=O) groups is 3. The van der Waals surface area contributed by atoms with E-state index in [-0.39, 0.29) is 31.1 Å². The van der Waals surface area contributed by atoms with E-state index in [1.165, 1.54) is 109 Å². The lowest BCUT2D eigenvalue weighted by molar-refractivity contribution is -0.167. The van der Waals surface area contributed by atoms with Gasteiger partial charge in [0.2, 0.25) is 0 Å². The molecular formula is C69H116O6. The minimum atomic E-state index is -0.799. The molecule has 0 spiro atoms. The van der Waals surface area contributed by atoms with Gasteiger partial charge in [0.25, 0.3) is 0 Å². The largest absolute Gasteiger partial charge is 0.462 e. The number of allylic oxidation sites excluding steroid dienone is 18. The van der Waals surface area contributed by atoms with E-state index < -0.39 is 6.10 Å². The first-order chi connectivity index (χ1) is 37.0. The van der Waals surface area contributed by atoms with Gasteiger partial charge in [-0.2, -0.15) is 0 Å². The summed E-state index contributed by atoms with van der Waals surface area (Å²) in [4.78, 5) is 38.3. The van der Waals surface area contributed by atoms with Crippen LogP contribution in [0.25, 0.3) is 0 Å². The van der Waals surface area contributed by atoms with Crippen molar-refractivity contribution in [3.8, 4) is 0 Å². The zero-order chi connectivity index (χ0) is 54.3. The van der Waals surface area contributed by atoms with E-state index in [4.69, 9.17) is 14.2 Å². The molecule has 0 bridgehead atoms. The van der Waals surface area contributed by atoms with Crippen LogP contribution in [-0.4, -0.2) is 37.2 Å². The Hall–Kier alpha value is -3.93. The van der Waals surface area contributed by atoms with Gasteiger partial charge >= 0.3 is 17.9 Å². The van der Waals surface area contributed by atoms with Crippen LogP contribution in [0.1, 0.15) is 290 Å². The molecule has 6 nitrogen and oxygen atoms in total. The van der Waals surface area contributed by atoms with Crippen molar-refractivity contribution in [3.63, 3.8) is 0 Å². The first kappa shape index (κ1) is 71.1. The summed E-state index contributed by atoms with van der Waals surface area (Å²) in [5, 5.41) is 0. The van der Waals surface area contributed by atoms with Crippen molar-refractivity contribution in [2.24, 2.45) is 0 Å². The molecule has 0 N–H and O–H groups in total. The van der Waals surface area contributed by atoms with Crippen molar-refractivity contribution in [1.29, 1.82) is 0 Å². The van der Waals surface area contributed by atoms with Crippen LogP contribution in [0.2, 0.25) is 0 Å². The Kier molecular flexibility index (Phi) is 59.3. The number of hydrogen-bond acceptors (Lipinski definition) is 6. The first-order valence-electron chi connectivity index (χ1n) is 31.4. The Morgan fingerprint density at radius 3 is 0.880 bits per heavy atom. The predicted molar refractivity (Wildman–Crippen MR) is 325 cm³/mol. The molecule has 0 heterocycles. The quantitative estimate of drug-likeness (QED) is 0.0261. The van der Waals surface area contributed by atoms with Gasteiger partial charge < -0.3 is 14.2 Å². The lowest BCUT2D eigenvalue weighted by Gasteiger charge is -2.18. The van der Waals surface area contributed by atoms with E-state index in [1.54, 1.807) is 0 Å². The molecule has 0 fully saturated rings. The van der Waals surface area contributed by atoms with Crippen molar-refractivity contribution >= 4 is 17.9 Å². The third kappa shape index (κ3) is 60.8. The molecule has 0 saturated heterocycles. The van der Waals surface area contributed by atoms with Gasteiger partial charge in [-0.3, -0.25) is 14.4 Å². The lowest BCUT2D eigenvalue weighted by atomic mass is 10.1. The summed E-state index contributed by atoms with van der Waals surface area (Å²) in [6.45, 7) is 6.44. The number of unbranched alkanes of at least 4 members (excludes halogenated alkanes) is 27. The highest BCUT2D eigenvalue weighted by Crippen LogP contribution is 2.15. The highest BCUT2D eigenvalue weighted by Gasteiger charge is 2.19. The standard InChI is InChI=1S/C69H116O6/c1-4-7-10-13-16-19-22-25-27-29-31-33-34-36-37-39-41-44-47-50-53-56-59-62-68(71)74-65-66(64-73-67(70)61-58-55-52-49-46-43-24-21-18-15-12-9-6-3)75-69(72)63-60-57-54-51-48-45-42-40-38-35-32-30-28-26-23-20-17-14-11-8-5-2/h7,10,12,15-16,19,21,24-25,27,30-33,36-37,41,44,66H,4-6,8-9,11,13-14,17-18,20,22-23,26,28-29,34-35,38-40,42-43,45-65H2,1-3H3/b10-7-,15-12-,19-16-,24-21-,27-25-,32-30-,33-31-,37-36-,44-41-. The molecule has 428 valence electrons. The second-order valence-corrected chi connectivity index (χ2v) is 20.6. The zero-order valence-corrected chi connectivity index (χ0v) is 49.0. The van der Waals surface area contributed by atoms with Crippen molar-refractivity contribution in [3.05, 3.63) is 109 Å². The molecular weight excluding hydrogens is 925 g/mol. The third-order valence-corrected chi connectivity index (χ3v) is 13.2. The van der Waals surface area contributed by atoms with Gasteiger partial charge in [0.1, 0.15) is 13.2 Å². The number of carbonyl (C=O) groups excluding carboxylic acids is 3. The second kappa shape index (κ2) is 62.6. The molecule has 0 aromatic rings. The third-order valence-electron chi connectivity index (χ3n) is 13.2. The van der Waals surface area contributed by atoms with Crippen molar-refractivity contribution in [2.75, 3.05) is 13.2 Å². The van der Waals surface area contributed by atoms with E-state index in [0.29, 0.717) is 19.3 Å². The summed E-state index contributed by atoms with van der Waals surface area (Å²) in [5.74, 6) is -0.930. The van der Waals surface area contributed by atoms with Gasteiger partial charge in [-0.1, -0.05) is 259 Å². The average Bonchev–Trinajstić information content (AvgIpc) is 3.41. The molecule has 0 aliphatic heterocycles. The summed E-state index contributed by atoms with van der Waals surface area (Å²) in [6.07, 6.45) is 85.2. The van der Waals surface area contributed by atoms with Crippen LogP contribution in [0.3, 0.4) is 0 Å². The zero-order valence-electron chi connectivity index (χ0n) is 49.0. The van der Waals surface area contributed by atoms with Crippen molar-refractivity contribution in [1.82, 2.24) is 0 Å². The van der Waals surface area contributed by atoms with E-state index >= 15 is 0 Å². The Morgan fingerprint density at radius 1 is 0.280 bits per heavy atom. The van der Waals surface area contributed by atoms with E-state index in [2.05, 4.69) is 130 Å². The summed E-state index contributed by atoms with van der Waals surface area (Å²) in [7, 11) is 0. The van der Waals surface area contributed by atoms with Gasteiger partial charge in [0.15, 0.2) is 6.10 Å². The van der Waals surface area contributed by atoms with Crippen molar-refractivity contribution < 1.29 is 28.6 Å².